The van der Waals surface area contributed by atoms with Crippen molar-refractivity contribution in [3.63, 3.8) is 0 Å². The van der Waals surface area contributed by atoms with Crippen LogP contribution in [-0.2, 0) is 11.3 Å². The van der Waals surface area contributed by atoms with Gasteiger partial charge in [0.25, 0.3) is 0 Å². The molecule has 0 bridgehead atoms. The molecule has 0 amide bonds. The summed E-state index contributed by atoms with van der Waals surface area (Å²) >= 11 is 4.68. The van der Waals surface area contributed by atoms with Gasteiger partial charge in [-0.3, -0.25) is 4.79 Å². The first-order valence-corrected chi connectivity index (χ1v) is 8.35. The first kappa shape index (κ1) is 16.0. The van der Waals surface area contributed by atoms with Crippen molar-refractivity contribution in [2.45, 2.75) is 32.0 Å². The molecule has 5 nitrogen and oxygen atoms in total. The number of hydrogen-bond donors (Lipinski definition) is 1. The molecule has 7 heteroatoms. The van der Waals surface area contributed by atoms with Crippen LogP contribution in [0.15, 0.2) is 27.8 Å². The summed E-state index contributed by atoms with van der Waals surface area (Å²) in [5.41, 5.74) is 2.11. The van der Waals surface area contributed by atoms with E-state index in [2.05, 4.69) is 33.1 Å². The van der Waals surface area contributed by atoms with Crippen LogP contribution in [0.1, 0.15) is 18.9 Å². The number of hydrogen-bond acceptors (Lipinski definition) is 4. The van der Waals surface area contributed by atoms with Gasteiger partial charge in [-0.25, -0.2) is 0 Å². The SMILES string of the molecule is CCCn1c(SCC(=O)O)nnc1-c1ccc(Br)c(C)c1. The number of carboxylic acids is 1. The van der Waals surface area contributed by atoms with Gasteiger partial charge in [-0.1, -0.05) is 40.7 Å². The Kier molecular flexibility index (Phi) is 5.41. The number of halogens is 1. The van der Waals surface area contributed by atoms with E-state index in [1.807, 2.05) is 29.7 Å². The Morgan fingerprint density at radius 2 is 2.19 bits per heavy atom. The molecule has 0 radical (unpaired) electrons. The molecule has 21 heavy (non-hydrogen) atoms. The van der Waals surface area contributed by atoms with Crippen LogP contribution < -0.4 is 0 Å². The fraction of sp³-hybridized carbons (Fsp3) is 0.357. The summed E-state index contributed by atoms with van der Waals surface area (Å²) < 4.78 is 3.03. The molecule has 0 aliphatic carbocycles. The molecule has 2 rings (SSSR count). The van der Waals surface area contributed by atoms with Gasteiger partial charge in [0.1, 0.15) is 0 Å². The Morgan fingerprint density at radius 1 is 1.43 bits per heavy atom. The first-order chi connectivity index (χ1) is 10.0. The standard InChI is InChI=1S/C14H16BrN3O2S/c1-3-6-18-13(10-4-5-11(15)9(2)7-10)16-17-14(18)21-8-12(19)20/h4-5,7H,3,6,8H2,1-2H3,(H,19,20). The molecule has 1 heterocycles. The molecule has 0 fully saturated rings. The highest BCUT2D eigenvalue weighted by Gasteiger charge is 2.15. The Balaban J connectivity index is 2.38. The van der Waals surface area contributed by atoms with Gasteiger partial charge in [0.2, 0.25) is 0 Å². The van der Waals surface area contributed by atoms with E-state index in [0.29, 0.717) is 5.16 Å². The van der Waals surface area contributed by atoms with E-state index in [9.17, 15) is 4.79 Å². The maximum Gasteiger partial charge on any atom is 0.313 e. The van der Waals surface area contributed by atoms with Crippen molar-refractivity contribution in [2.75, 3.05) is 5.75 Å². The Labute approximate surface area is 135 Å². The summed E-state index contributed by atoms with van der Waals surface area (Å²) in [6.45, 7) is 4.86. The topological polar surface area (TPSA) is 68.0 Å². The second-order valence-electron chi connectivity index (χ2n) is 4.60. The summed E-state index contributed by atoms with van der Waals surface area (Å²) in [7, 11) is 0. The summed E-state index contributed by atoms with van der Waals surface area (Å²) in [6.07, 6.45) is 0.932. The molecule has 0 atom stereocenters. The van der Waals surface area contributed by atoms with Gasteiger partial charge in [-0.2, -0.15) is 0 Å². The predicted octanol–water partition coefficient (Wildman–Crippen LogP) is 3.60. The molecule has 0 aliphatic rings. The lowest BCUT2D eigenvalue weighted by molar-refractivity contribution is -0.133. The minimum Gasteiger partial charge on any atom is -0.481 e. The summed E-state index contributed by atoms with van der Waals surface area (Å²) in [5.74, 6) is -0.0891. The Hall–Kier alpha value is -1.34. The van der Waals surface area contributed by atoms with Crippen molar-refractivity contribution < 1.29 is 9.90 Å². The van der Waals surface area contributed by atoms with Crippen molar-refractivity contribution in [1.29, 1.82) is 0 Å². The second-order valence-corrected chi connectivity index (χ2v) is 6.40. The molecule has 1 aromatic carbocycles. The van der Waals surface area contributed by atoms with Gasteiger partial charge >= 0.3 is 5.97 Å². The number of carboxylic acid groups (broad SMARTS) is 1. The fourth-order valence-corrected chi connectivity index (χ4v) is 2.88. The average molecular weight is 370 g/mol. The number of benzene rings is 1. The van der Waals surface area contributed by atoms with Gasteiger partial charge in [0.15, 0.2) is 11.0 Å². The van der Waals surface area contributed by atoms with E-state index in [4.69, 9.17) is 5.11 Å². The van der Waals surface area contributed by atoms with Crippen molar-refractivity contribution in [2.24, 2.45) is 0 Å². The van der Waals surface area contributed by atoms with Crippen LogP contribution in [0.2, 0.25) is 0 Å². The van der Waals surface area contributed by atoms with Crippen LogP contribution >= 0.6 is 27.7 Å². The highest BCUT2D eigenvalue weighted by molar-refractivity contribution is 9.10. The molecular weight excluding hydrogens is 354 g/mol. The average Bonchev–Trinajstić information content (AvgIpc) is 2.83. The normalized spacial score (nSPS) is 10.8. The Morgan fingerprint density at radius 3 is 2.81 bits per heavy atom. The summed E-state index contributed by atoms with van der Waals surface area (Å²) in [5, 5.41) is 17.8. The zero-order valence-corrected chi connectivity index (χ0v) is 14.2. The van der Waals surface area contributed by atoms with Crippen molar-refractivity contribution in [3.8, 4) is 11.4 Å². The maximum atomic E-state index is 10.7. The van der Waals surface area contributed by atoms with E-state index in [0.717, 1.165) is 34.4 Å². The van der Waals surface area contributed by atoms with Gasteiger partial charge in [-0.15, -0.1) is 10.2 Å². The zero-order valence-electron chi connectivity index (χ0n) is 11.8. The monoisotopic (exact) mass is 369 g/mol. The molecule has 0 spiro atoms. The Bertz CT molecular complexity index is 658. The van der Waals surface area contributed by atoms with Crippen LogP contribution in [0, 0.1) is 6.92 Å². The largest absolute Gasteiger partial charge is 0.481 e. The highest BCUT2D eigenvalue weighted by Crippen LogP contribution is 2.27. The minimum absolute atomic E-state index is 0.0127. The molecule has 1 aromatic heterocycles. The quantitative estimate of drug-likeness (QED) is 0.787. The van der Waals surface area contributed by atoms with Gasteiger partial charge in [0.05, 0.1) is 5.75 Å². The van der Waals surface area contributed by atoms with Crippen LogP contribution in [0.5, 0.6) is 0 Å². The number of nitrogens with zero attached hydrogens (tertiary/aromatic N) is 3. The first-order valence-electron chi connectivity index (χ1n) is 6.57. The lowest BCUT2D eigenvalue weighted by Crippen LogP contribution is -2.04. The number of aromatic nitrogens is 3. The maximum absolute atomic E-state index is 10.7. The van der Waals surface area contributed by atoms with Crippen LogP contribution in [0.25, 0.3) is 11.4 Å². The third-order valence-electron chi connectivity index (χ3n) is 2.90. The van der Waals surface area contributed by atoms with Crippen LogP contribution in [-0.4, -0.2) is 31.6 Å². The molecule has 112 valence electrons. The number of thioether (sulfide) groups is 1. The van der Waals surface area contributed by atoms with E-state index >= 15 is 0 Å². The van der Waals surface area contributed by atoms with Gasteiger partial charge in [-0.05, 0) is 31.0 Å². The van der Waals surface area contributed by atoms with Gasteiger partial charge < -0.3 is 9.67 Å². The lowest BCUT2D eigenvalue weighted by atomic mass is 10.1. The predicted molar refractivity (Wildman–Crippen MR) is 86.5 cm³/mol. The molecule has 2 aromatic rings. The van der Waals surface area contributed by atoms with Gasteiger partial charge in [0, 0.05) is 16.6 Å². The smallest absolute Gasteiger partial charge is 0.313 e. The van der Waals surface area contributed by atoms with E-state index in [1.165, 1.54) is 11.8 Å². The van der Waals surface area contributed by atoms with E-state index in [1.54, 1.807) is 0 Å². The van der Waals surface area contributed by atoms with Crippen LogP contribution in [0.4, 0.5) is 0 Å². The number of aliphatic carboxylic acids is 1. The third-order valence-corrected chi connectivity index (χ3v) is 4.75. The number of rotatable bonds is 6. The van der Waals surface area contributed by atoms with Crippen LogP contribution in [0.3, 0.4) is 0 Å². The zero-order chi connectivity index (χ0) is 15.4. The molecular formula is C14H16BrN3O2S. The molecule has 0 unspecified atom stereocenters. The summed E-state index contributed by atoms with van der Waals surface area (Å²) in [4.78, 5) is 10.7. The molecule has 0 aliphatic heterocycles. The van der Waals surface area contributed by atoms with E-state index < -0.39 is 5.97 Å². The number of aryl methyl sites for hydroxylation is 1. The van der Waals surface area contributed by atoms with E-state index in [-0.39, 0.29) is 5.75 Å². The fourth-order valence-electron chi connectivity index (χ4n) is 1.94. The molecule has 0 saturated carbocycles. The highest BCUT2D eigenvalue weighted by atomic mass is 79.9. The minimum atomic E-state index is -0.855. The van der Waals surface area contributed by atoms with Crippen molar-refractivity contribution >= 4 is 33.7 Å². The molecule has 1 N–H and O–H groups in total. The van der Waals surface area contributed by atoms with Crippen molar-refractivity contribution in [3.05, 3.63) is 28.2 Å². The van der Waals surface area contributed by atoms with Crippen molar-refractivity contribution in [1.82, 2.24) is 14.8 Å². The number of carbonyl (C=O) groups is 1. The molecule has 0 saturated heterocycles. The third kappa shape index (κ3) is 3.85. The lowest BCUT2D eigenvalue weighted by Gasteiger charge is -2.09. The summed E-state index contributed by atoms with van der Waals surface area (Å²) in [6, 6.07) is 6.02. The second kappa shape index (κ2) is 7.09.